The van der Waals surface area contributed by atoms with Gasteiger partial charge in [0.1, 0.15) is 18.0 Å². The van der Waals surface area contributed by atoms with Crippen LogP contribution in [0.15, 0.2) is 42.6 Å². The summed E-state index contributed by atoms with van der Waals surface area (Å²) in [5.74, 6) is -0.587. The van der Waals surface area contributed by atoms with Crippen molar-refractivity contribution in [2.75, 3.05) is 25.5 Å². The summed E-state index contributed by atoms with van der Waals surface area (Å²) >= 11 is 0. The number of aromatic nitrogens is 1. The fourth-order valence-corrected chi connectivity index (χ4v) is 2.31. The normalized spacial score (nSPS) is 11.0. The molecule has 0 saturated carbocycles. The van der Waals surface area contributed by atoms with Crippen LogP contribution in [-0.2, 0) is 11.0 Å². The van der Waals surface area contributed by atoms with E-state index in [9.17, 15) is 22.8 Å². The van der Waals surface area contributed by atoms with Crippen LogP contribution in [0, 0.1) is 0 Å². The number of para-hydroxylation sites is 2. The molecule has 1 aromatic heterocycles. The lowest BCUT2D eigenvalue weighted by Gasteiger charge is -2.21. The summed E-state index contributed by atoms with van der Waals surface area (Å²) in [5.41, 5.74) is -0.671. The average molecular weight is 381 g/mol. The van der Waals surface area contributed by atoms with Crippen molar-refractivity contribution in [3.05, 3.63) is 53.9 Å². The number of carbonyl (C=O) groups is 2. The number of benzene rings is 1. The molecule has 0 aliphatic carbocycles. The van der Waals surface area contributed by atoms with Crippen LogP contribution < -0.4 is 10.1 Å². The molecule has 0 radical (unpaired) electrons. The Balaban J connectivity index is 2.07. The van der Waals surface area contributed by atoms with Gasteiger partial charge in [-0.2, -0.15) is 13.2 Å². The van der Waals surface area contributed by atoms with Crippen LogP contribution in [0.25, 0.3) is 0 Å². The molecule has 27 heavy (non-hydrogen) atoms. The summed E-state index contributed by atoms with van der Waals surface area (Å²) in [5, 5.41) is 2.64. The predicted octanol–water partition coefficient (Wildman–Crippen LogP) is 3.21. The van der Waals surface area contributed by atoms with E-state index in [0.29, 0.717) is 11.4 Å². The minimum Gasteiger partial charge on any atom is -0.495 e. The number of amides is 2. The molecule has 0 spiro atoms. The lowest BCUT2D eigenvalue weighted by Crippen LogP contribution is -2.38. The molecule has 0 aliphatic rings. The second kappa shape index (κ2) is 8.52. The first-order valence-electron chi connectivity index (χ1n) is 8.01. The van der Waals surface area contributed by atoms with Gasteiger partial charge in [0, 0.05) is 12.7 Å². The number of nitrogens with zero attached hydrogens (tertiary/aromatic N) is 2. The molecule has 6 nitrogen and oxygen atoms in total. The summed E-state index contributed by atoms with van der Waals surface area (Å²) in [6.07, 6.45) is -3.73. The van der Waals surface area contributed by atoms with Gasteiger partial charge in [-0.1, -0.05) is 12.1 Å². The Bertz CT molecular complexity index is 807. The van der Waals surface area contributed by atoms with Gasteiger partial charge in [-0.05, 0) is 31.2 Å². The Morgan fingerprint density at radius 1 is 1.19 bits per heavy atom. The van der Waals surface area contributed by atoms with Gasteiger partial charge in [-0.25, -0.2) is 0 Å². The number of hydrogen-bond acceptors (Lipinski definition) is 4. The lowest BCUT2D eigenvalue weighted by atomic mass is 10.2. The number of ether oxygens (including phenoxy) is 1. The van der Waals surface area contributed by atoms with E-state index in [1.807, 2.05) is 0 Å². The molecule has 1 heterocycles. The van der Waals surface area contributed by atoms with Crippen LogP contribution in [0.1, 0.15) is 23.0 Å². The third kappa shape index (κ3) is 5.19. The summed E-state index contributed by atoms with van der Waals surface area (Å²) in [4.78, 5) is 29.2. The van der Waals surface area contributed by atoms with Gasteiger partial charge >= 0.3 is 6.18 Å². The molecule has 0 bridgehead atoms. The zero-order valence-corrected chi connectivity index (χ0v) is 14.7. The largest absolute Gasteiger partial charge is 0.495 e. The summed E-state index contributed by atoms with van der Waals surface area (Å²) in [6, 6.07) is 8.55. The van der Waals surface area contributed by atoms with Gasteiger partial charge in [-0.3, -0.25) is 14.6 Å². The number of hydrogen-bond donors (Lipinski definition) is 1. The molecule has 1 aromatic carbocycles. The molecule has 2 rings (SSSR count). The maximum absolute atomic E-state index is 12.6. The van der Waals surface area contributed by atoms with Crippen LogP contribution in [0.3, 0.4) is 0 Å². The van der Waals surface area contributed by atoms with Crippen LogP contribution in [0.5, 0.6) is 5.75 Å². The minimum atomic E-state index is -4.58. The number of carbonyl (C=O) groups excluding carboxylic acids is 2. The lowest BCUT2D eigenvalue weighted by molar-refractivity contribution is -0.141. The Morgan fingerprint density at radius 2 is 1.89 bits per heavy atom. The maximum Gasteiger partial charge on any atom is 0.433 e. The molecule has 2 amide bonds. The van der Waals surface area contributed by atoms with Gasteiger partial charge in [0.2, 0.25) is 5.91 Å². The number of anilines is 1. The molecule has 1 N–H and O–H groups in total. The molecule has 144 valence electrons. The molecular formula is C18H18F3N3O3. The molecular weight excluding hydrogens is 363 g/mol. The third-order valence-electron chi connectivity index (χ3n) is 3.69. The van der Waals surface area contributed by atoms with Gasteiger partial charge < -0.3 is 15.0 Å². The van der Waals surface area contributed by atoms with E-state index in [0.717, 1.165) is 18.3 Å². The van der Waals surface area contributed by atoms with Crippen LogP contribution >= 0.6 is 0 Å². The van der Waals surface area contributed by atoms with Gasteiger partial charge in [0.15, 0.2) is 0 Å². The molecule has 0 saturated heterocycles. The van der Waals surface area contributed by atoms with Crippen LogP contribution in [0.2, 0.25) is 0 Å². The van der Waals surface area contributed by atoms with Crippen molar-refractivity contribution in [1.29, 1.82) is 0 Å². The third-order valence-corrected chi connectivity index (χ3v) is 3.69. The zero-order valence-electron chi connectivity index (χ0n) is 14.7. The second-order valence-corrected chi connectivity index (χ2v) is 5.50. The first kappa shape index (κ1) is 20.2. The first-order chi connectivity index (χ1) is 12.8. The van der Waals surface area contributed by atoms with E-state index in [1.54, 1.807) is 31.2 Å². The van der Waals surface area contributed by atoms with E-state index >= 15 is 0 Å². The first-order valence-corrected chi connectivity index (χ1v) is 8.01. The second-order valence-electron chi connectivity index (χ2n) is 5.50. The van der Waals surface area contributed by atoms with Gasteiger partial charge in [0.05, 0.1) is 18.4 Å². The molecule has 0 atom stereocenters. The predicted molar refractivity (Wildman–Crippen MR) is 92.4 cm³/mol. The smallest absolute Gasteiger partial charge is 0.433 e. The molecule has 0 aliphatic heterocycles. The molecule has 0 fully saturated rings. The summed E-state index contributed by atoms with van der Waals surface area (Å²) in [6.45, 7) is 1.58. The standard InChI is InChI=1S/C18H18F3N3O3/c1-3-24(11-16(25)23-13-6-4-5-7-14(13)27-2)17(26)12-8-9-15(22-10-12)18(19,20)21/h4-10H,3,11H2,1-2H3,(H,23,25). The Kier molecular flexibility index (Phi) is 6.38. The number of pyridine rings is 1. The highest BCUT2D eigenvalue weighted by Crippen LogP contribution is 2.27. The monoisotopic (exact) mass is 381 g/mol. The van der Waals surface area contributed by atoms with Crippen molar-refractivity contribution in [2.45, 2.75) is 13.1 Å². The van der Waals surface area contributed by atoms with Crippen molar-refractivity contribution in [3.8, 4) is 5.75 Å². The number of likely N-dealkylation sites (N-methyl/N-ethyl adjacent to an activating group) is 1. The van der Waals surface area contributed by atoms with E-state index < -0.39 is 23.7 Å². The van der Waals surface area contributed by atoms with Crippen molar-refractivity contribution in [3.63, 3.8) is 0 Å². The number of nitrogens with one attached hydrogen (secondary N) is 1. The topological polar surface area (TPSA) is 71.5 Å². The van der Waals surface area contributed by atoms with Crippen molar-refractivity contribution in [2.24, 2.45) is 0 Å². The molecule has 2 aromatic rings. The maximum atomic E-state index is 12.6. The average Bonchev–Trinajstić information content (AvgIpc) is 2.65. The number of methoxy groups -OCH3 is 1. The van der Waals surface area contributed by atoms with E-state index in [-0.39, 0.29) is 18.7 Å². The molecule has 9 heteroatoms. The van der Waals surface area contributed by atoms with Crippen molar-refractivity contribution >= 4 is 17.5 Å². The highest BCUT2D eigenvalue weighted by molar-refractivity contribution is 5.99. The van der Waals surface area contributed by atoms with Gasteiger partial charge in [-0.15, -0.1) is 0 Å². The quantitative estimate of drug-likeness (QED) is 0.834. The summed E-state index contributed by atoms with van der Waals surface area (Å²) < 4.78 is 42.8. The Hall–Kier alpha value is -3.10. The fraction of sp³-hybridized carbons (Fsp3) is 0.278. The Labute approximate surface area is 154 Å². The highest BCUT2D eigenvalue weighted by Gasteiger charge is 2.32. The SMILES string of the molecule is CCN(CC(=O)Nc1ccccc1OC)C(=O)c1ccc(C(F)(F)F)nc1. The number of halogens is 3. The zero-order chi connectivity index (χ0) is 20.0. The van der Waals surface area contributed by atoms with E-state index in [2.05, 4.69) is 10.3 Å². The van der Waals surface area contributed by atoms with Crippen molar-refractivity contribution in [1.82, 2.24) is 9.88 Å². The highest BCUT2D eigenvalue weighted by atomic mass is 19.4. The van der Waals surface area contributed by atoms with Crippen molar-refractivity contribution < 1.29 is 27.5 Å². The van der Waals surface area contributed by atoms with Crippen LogP contribution in [-0.4, -0.2) is 41.9 Å². The van der Waals surface area contributed by atoms with E-state index in [1.165, 1.54) is 12.0 Å². The Morgan fingerprint density at radius 3 is 2.44 bits per heavy atom. The molecule has 0 unspecified atom stereocenters. The number of rotatable bonds is 6. The van der Waals surface area contributed by atoms with Gasteiger partial charge in [0.25, 0.3) is 5.91 Å². The fourth-order valence-electron chi connectivity index (χ4n) is 2.31. The summed E-state index contributed by atoms with van der Waals surface area (Å²) in [7, 11) is 1.46. The van der Waals surface area contributed by atoms with E-state index in [4.69, 9.17) is 4.74 Å². The number of alkyl halides is 3. The minimum absolute atomic E-state index is 0.0325. The van der Waals surface area contributed by atoms with Crippen LogP contribution in [0.4, 0.5) is 18.9 Å².